The second-order valence-corrected chi connectivity index (χ2v) is 7.96. The van der Waals surface area contributed by atoms with Gasteiger partial charge >= 0.3 is 18.0 Å². The smallest absolute Gasteiger partial charge is 0.319 e. The number of rotatable bonds is 6. The predicted molar refractivity (Wildman–Crippen MR) is 85.8 cm³/mol. The number of anilines is 1. The minimum Gasteiger partial charge on any atom is -0.363 e. The van der Waals surface area contributed by atoms with E-state index in [9.17, 15) is 36.1 Å². The van der Waals surface area contributed by atoms with Gasteiger partial charge in [0.15, 0.2) is 9.84 Å². The van der Waals surface area contributed by atoms with Gasteiger partial charge in [-0.2, -0.15) is 8.78 Å². The highest BCUT2D eigenvalue weighted by molar-refractivity contribution is 7.90. The molecule has 1 aliphatic heterocycles. The van der Waals surface area contributed by atoms with Crippen molar-refractivity contribution in [1.82, 2.24) is 4.90 Å². The van der Waals surface area contributed by atoms with Gasteiger partial charge in [0.05, 0.1) is 11.5 Å². The van der Waals surface area contributed by atoms with Crippen molar-refractivity contribution < 1.29 is 30.9 Å². The van der Waals surface area contributed by atoms with E-state index < -0.39 is 44.2 Å². The van der Waals surface area contributed by atoms with E-state index in [4.69, 9.17) is 0 Å². The molecule has 0 spiro atoms. The maximum atomic E-state index is 13.1. The number of piperazine rings is 1. The third kappa shape index (κ3) is 4.41. The lowest BCUT2D eigenvalue weighted by Gasteiger charge is -2.37. The van der Waals surface area contributed by atoms with Crippen molar-refractivity contribution in [1.29, 1.82) is 0 Å². The maximum absolute atomic E-state index is 13.1. The van der Waals surface area contributed by atoms with E-state index in [-0.39, 0.29) is 31.9 Å². The maximum Gasteiger partial charge on any atom is 0.319 e. The molecule has 1 aromatic rings. The molecular formula is C14H17F4N3O4S. The molecule has 12 heteroatoms. The van der Waals surface area contributed by atoms with E-state index in [2.05, 4.69) is 0 Å². The first-order valence-corrected chi connectivity index (χ1v) is 9.43. The van der Waals surface area contributed by atoms with E-state index >= 15 is 0 Å². The molecule has 1 saturated heterocycles. The van der Waals surface area contributed by atoms with Gasteiger partial charge in [0, 0.05) is 32.4 Å². The van der Waals surface area contributed by atoms with E-state index in [1.165, 1.54) is 17.0 Å². The third-order valence-electron chi connectivity index (χ3n) is 4.03. The van der Waals surface area contributed by atoms with Crippen molar-refractivity contribution in [2.75, 3.05) is 43.9 Å². The Bertz CT molecular complexity index is 780. The van der Waals surface area contributed by atoms with Crippen LogP contribution in [0.25, 0.3) is 0 Å². The minimum absolute atomic E-state index is 0.0113. The molecule has 1 heterocycles. The summed E-state index contributed by atoms with van der Waals surface area (Å²) in [6.07, 6.45) is -2.92. The summed E-state index contributed by atoms with van der Waals surface area (Å²) in [6, 6.07) is 3.85. The molecule has 1 fully saturated rings. The van der Waals surface area contributed by atoms with Gasteiger partial charge in [-0.3, -0.25) is 15.0 Å². The van der Waals surface area contributed by atoms with Crippen LogP contribution in [0.15, 0.2) is 23.1 Å². The number of hydrogen-bond acceptors (Lipinski definition) is 6. The van der Waals surface area contributed by atoms with E-state index in [0.717, 1.165) is 17.2 Å². The molecule has 0 unspecified atom stereocenters. The van der Waals surface area contributed by atoms with Crippen LogP contribution in [0.3, 0.4) is 0 Å². The summed E-state index contributed by atoms with van der Waals surface area (Å²) in [6.45, 7) is -1.00. The number of hydrogen-bond donors (Lipinski definition) is 0. The number of nitro benzene ring substituents is 1. The van der Waals surface area contributed by atoms with Crippen LogP contribution in [0.1, 0.15) is 0 Å². The van der Waals surface area contributed by atoms with Gasteiger partial charge in [0.1, 0.15) is 10.6 Å². The Morgan fingerprint density at radius 2 is 1.81 bits per heavy atom. The second-order valence-electron chi connectivity index (χ2n) is 5.98. The zero-order valence-electron chi connectivity index (χ0n) is 13.7. The predicted octanol–water partition coefficient (Wildman–Crippen LogP) is 2.02. The SMILES string of the molecule is CS(=O)(=O)c1cccc(N2CCN(CC(F)(F)C(F)F)CC2)c1[N+](=O)[O-]. The first-order valence-electron chi connectivity index (χ1n) is 7.54. The van der Waals surface area contributed by atoms with Crippen molar-refractivity contribution >= 4 is 21.2 Å². The van der Waals surface area contributed by atoms with Gasteiger partial charge in [-0.05, 0) is 12.1 Å². The van der Waals surface area contributed by atoms with Gasteiger partial charge in [0.2, 0.25) is 0 Å². The molecule has 1 aliphatic rings. The summed E-state index contributed by atoms with van der Waals surface area (Å²) in [4.78, 5) is 12.8. The summed E-state index contributed by atoms with van der Waals surface area (Å²) in [5.74, 6) is -4.13. The Hall–Kier alpha value is -1.95. The van der Waals surface area contributed by atoms with Crippen LogP contribution in [0.4, 0.5) is 28.9 Å². The normalized spacial score (nSPS) is 16.9. The Balaban J connectivity index is 2.21. The first kappa shape index (κ1) is 20.4. The van der Waals surface area contributed by atoms with Crippen molar-refractivity contribution in [3.63, 3.8) is 0 Å². The van der Waals surface area contributed by atoms with Crippen LogP contribution in [0.5, 0.6) is 0 Å². The molecule has 0 bridgehead atoms. The number of halogens is 4. The molecule has 146 valence electrons. The topological polar surface area (TPSA) is 83.8 Å². The van der Waals surface area contributed by atoms with Crippen LogP contribution in [-0.4, -0.2) is 69.6 Å². The van der Waals surface area contributed by atoms with Crippen molar-refractivity contribution in [3.05, 3.63) is 28.3 Å². The standard InChI is InChI=1S/C14H17F4N3O4S/c1-26(24,25)11-4-2-3-10(12(11)21(22)23)20-7-5-19(6-8-20)9-14(17,18)13(15)16/h2-4,13H,5-9H2,1H3. The first-order chi connectivity index (χ1) is 11.9. The minimum atomic E-state index is -4.13. The fraction of sp³-hybridized carbons (Fsp3) is 0.571. The fourth-order valence-corrected chi connectivity index (χ4v) is 3.62. The summed E-state index contributed by atoms with van der Waals surface area (Å²) in [7, 11) is -3.85. The third-order valence-corrected chi connectivity index (χ3v) is 5.15. The molecule has 0 saturated carbocycles. The quantitative estimate of drug-likeness (QED) is 0.414. The lowest BCUT2D eigenvalue weighted by Crippen LogP contribution is -2.51. The van der Waals surface area contributed by atoms with Crippen LogP contribution in [0, 0.1) is 10.1 Å². The van der Waals surface area contributed by atoms with E-state index in [1.807, 2.05) is 0 Å². The van der Waals surface area contributed by atoms with Crippen LogP contribution in [0.2, 0.25) is 0 Å². The number of benzene rings is 1. The number of nitrogens with zero attached hydrogens (tertiary/aromatic N) is 3. The number of sulfone groups is 1. The van der Waals surface area contributed by atoms with Crippen molar-refractivity contribution in [3.8, 4) is 0 Å². The fourth-order valence-electron chi connectivity index (χ4n) is 2.76. The van der Waals surface area contributed by atoms with Crippen molar-refractivity contribution in [2.45, 2.75) is 17.2 Å². The lowest BCUT2D eigenvalue weighted by atomic mass is 10.2. The highest BCUT2D eigenvalue weighted by Gasteiger charge is 2.43. The summed E-state index contributed by atoms with van der Waals surface area (Å²) < 4.78 is 74.4. The van der Waals surface area contributed by atoms with Gasteiger partial charge in [-0.15, -0.1) is 0 Å². The summed E-state index contributed by atoms with van der Waals surface area (Å²) in [5.41, 5.74) is -0.528. The average molecular weight is 399 g/mol. The summed E-state index contributed by atoms with van der Waals surface area (Å²) >= 11 is 0. The molecular weight excluding hydrogens is 382 g/mol. The van der Waals surface area contributed by atoms with Gasteiger partial charge in [-0.25, -0.2) is 17.2 Å². The highest BCUT2D eigenvalue weighted by atomic mass is 32.2. The molecule has 0 aromatic heterocycles. The molecule has 2 rings (SSSR count). The van der Waals surface area contributed by atoms with Crippen LogP contribution < -0.4 is 4.90 Å². The van der Waals surface area contributed by atoms with Crippen LogP contribution >= 0.6 is 0 Å². The Labute approximate surface area is 147 Å². The van der Waals surface area contributed by atoms with Gasteiger partial charge < -0.3 is 4.90 Å². The number of nitro groups is 1. The molecule has 1 aromatic carbocycles. The number of para-hydroxylation sites is 1. The zero-order chi connectivity index (χ0) is 19.7. The molecule has 0 amide bonds. The molecule has 7 nitrogen and oxygen atoms in total. The zero-order valence-corrected chi connectivity index (χ0v) is 14.6. The molecule has 26 heavy (non-hydrogen) atoms. The van der Waals surface area contributed by atoms with Crippen molar-refractivity contribution in [2.24, 2.45) is 0 Å². The largest absolute Gasteiger partial charge is 0.363 e. The van der Waals surface area contributed by atoms with E-state index in [0.29, 0.717) is 0 Å². The van der Waals surface area contributed by atoms with Crippen LogP contribution in [-0.2, 0) is 9.84 Å². The summed E-state index contributed by atoms with van der Waals surface area (Å²) in [5, 5.41) is 11.4. The van der Waals surface area contributed by atoms with E-state index in [1.54, 1.807) is 0 Å². The molecule has 0 radical (unpaired) electrons. The Morgan fingerprint density at radius 1 is 1.23 bits per heavy atom. The second kappa shape index (κ2) is 7.35. The highest BCUT2D eigenvalue weighted by Crippen LogP contribution is 2.35. The molecule has 0 aliphatic carbocycles. The number of alkyl halides is 4. The van der Waals surface area contributed by atoms with Gasteiger partial charge in [-0.1, -0.05) is 6.07 Å². The Kier molecular flexibility index (Phi) is 5.76. The lowest BCUT2D eigenvalue weighted by molar-refractivity contribution is -0.387. The van der Waals surface area contributed by atoms with Gasteiger partial charge in [0.25, 0.3) is 0 Å². The monoisotopic (exact) mass is 399 g/mol. The average Bonchev–Trinajstić information content (AvgIpc) is 2.53. The molecule has 0 atom stereocenters. The Morgan fingerprint density at radius 3 is 2.27 bits per heavy atom. The molecule has 0 N–H and O–H groups in total.